The van der Waals surface area contributed by atoms with E-state index in [1.54, 1.807) is 0 Å². The zero-order valence-electron chi connectivity index (χ0n) is 11.6. The van der Waals surface area contributed by atoms with Crippen LogP contribution >= 0.6 is 0 Å². The average molecular weight is 266 g/mol. The summed E-state index contributed by atoms with van der Waals surface area (Å²) in [7, 11) is 0. The summed E-state index contributed by atoms with van der Waals surface area (Å²) in [5.74, 6) is 0.0826. The van der Waals surface area contributed by atoms with Gasteiger partial charge in [-0.15, -0.1) is 0 Å². The minimum atomic E-state index is 0.0826. The van der Waals surface area contributed by atoms with Crippen LogP contribution in [-0.2, 0) is 17.8 Å². The first-order chi connectivity index (χ1) is 9.79. The van der Waals surface area contributed by atoms with Crippen LogP contribution in [0.2, 0.25) is 0 Å². The highest BCUT2D eigenvalue weighted by molar-refractivity contribution is 6.02. The number of para-hydroxylation sites is 1. The smallest absolute Gasteiger partial charge is 0.245 e. The third-order valence-electron chi connectivity index (χ3n) is 3.68. The molecule has 3 rings (SSSR count). The van der Waals surface area contributed by atoms with Crippen molar-refractivity contribution in [3.05, 3.63) is 59.7 Å². The monoisotopic (exact) mass is 266 g/mol. The molecule has 0 atom stereocenters. The predicted molar refractivity (Wildman–Crippen MR) is 81.1 cm³/mol. The molecule has 0 saturated carbocycles. The van der Waals surface area contributed by atoms with E-state index in [9.17, 15) is 4.79 Å². The van der Waals surface area contributed by atoms with Crippen LogP contribution in [0.1, 0.15) is 18.1 Å². The molecule has 20 heavy (non-hydrogen) atoms. The van der Waals surface area contributed by atoms with Gasteiger partial charge in [0.05, 0.1) is 12.2 Å². The standard InChI is InChI=1S/C17H18N2O/c1-2-13-7-9-15(10-8-13)19-16-6-4-3-5-14(16)11-18-12-17(19)20/h3-10,18H,2,11-12H2,1H3. The van der Waals surface area contributed by atoms with E-state index in [4.69, 9.17) is 0 Å². The summed E-state index contributed by atoms with van der Waals surface area (Å²) in [6.07, 6.45) is 1.01. The number of nitrogens with zero attached hydrogens (tertiary/aromatic N) is 1. The summed E-state index contributed by atoms with van der Waals surface area (Å²) < 4.78 is 0. The molecule has 0 aromatic heterocycles. The van der Waals surface area contributed by atoms with Crippen molar-refractivity contribution in [1.82, 2.24) is 5.32 Å². The number of aryl methyl sites for hydroxylation is 1. The Hall–Kier alpha value is -2.13. The fourth-order valence-electron chi connectivity index (χ4n) is 2.56. The Balaban J connectivity index is 2.07. The second-order valence-corrected chi connectivity index (χ2v) is 4.98. The number of carbonyl (C=O) groups is 1. The molecule has 3 heteroatoms. The average Bonchev–Trinajstić information content (AvgIpc) is 2.66. The topological polar surface area (TPSA) is 32.3 Å². The Morgan fingerprint density at radius 2 is 1.80 bits per heavy atom. The maximum absolute atomic E-state index is 12.4. The second kappa shape index (κ2) is 5.47. The Labute approximate surface area is 119 Å². The summed E-state index contributed by atoms with van der Waals surface area (Å²) in [5.41, 5.74) is 4.34. The van der Waals surface area contributed by atoms with Gasteiger partial charge in [0.15, 0.2) is 0 Å². The quantitative estimate of drug-likeness (QED) is 0.906. The minimum absolute atomic E-state index is 0.0826. The summed E-state index contributed by atoms with van der Waals surface area (Å²) >= 11 is 0. The number of rotatable bonds is 2. The van der Waals surface area contributed by atoms with Crippen LogP contribution in [-0.4, -0.2) is 12.5 Å². The molecule has 0 unspecified atom stereocenters. The van der Waals surface area contributed by atoms with E-state index in [1.807, 2.05) is 35.2 Å². The molecule has 1 aliphatic heterocycles. The van der Waals surface area contributed by atoms with E-state index >= 15 is 0 Å². The van der Waals surface area contributed by atoms with Gasteiger partial charge in [0.1, 0.15) is 0 Å². The van der Waals surface area contributed by atoms with E-state index in [1.165, 1.54) is 5.56 Å². The van der Waals surface area contributed by atoms with Crippen LogP contribution in [0.3, 0.4) is 0 Å². The lowest BCUT2D eigenvalue weighted by atomic mass is 10.1. The molecule has 0 saturated heterocycles. The first-order valence-corrected chi connectivity index (χ1v) is 7.00. The van der Waals surface area contributed by atoms with Gasteiger partial charge in [-0.1, -0.05) is 37.3 Å². The lowest BCUT2D eigenvalue weighted by Crippen LogP contribution is -2.31. The Bertz CT molecular complexity index is 619. The third-order valence-corrected chi connectivity index (χ3v) is 3.68. The molecule has 1 amide bonds. The third kappa shape index (κ3) is 2.32. The van der Waals surface area contributed by atoms with Gasteiger partial charge in [0.2, 0.25) is 5.91 Å². The lowest BCUT2D eigenvalue weighted by Gasteiger charge is -2.23. The van der Waals surface area contributed by atoms with Crippen molar-refractivity contribution in [2.75, 3.05) is 11.4 Å². The number of nitrogens with one attached hydrogen (secondary N) is 1. The molecule has 1 aliphatic rings. The minimum Gasteiger partial charge on any atom is -0.304 e. The lowest BCUT2D eigenvalue weighted by molar-refractivity contribution is -0.117. The maximum Gasteiger partial charge on any atom is 0.245 e. The van der Waals surface area contributed by atoms with E-state index in [-0.39, 0.29) is 5.91 Å². The Morgan fingerprint density at radius 1 is 1.05 bits per heavy atom. The normalized spacial score (nSPS) is 14.8. The van der Waals surface area contributed by atoms with Gasteiger partial charge in [-0.05, 0) is 35.7 Å². The second-order valence-electron chi connectivity index (χ2n) is 4.98. The van der Waals surface area contributed by atoms with E-state index in [0.29, 0.717) is 6.54 Å². The maximum atomic E-state index is 12.4. The summed E-state index contributed by atoms with van der Waals surface area (Å²) in [4.78, 5) is 14.2. The molecule has 0 radical (unpaired) electrons. The van der Waals surface area contributed by atoms with Crippen molar-refractivity contribution in [3.8, 4) is 0 Å². The molecule has 2 aromatic carbocycles. The number of hydrogen-bond donors (Lipinski definition) is 1. The number of benzene rings is 2. The van der Waals surface area contributed by atoms with Gasteiger partial charge in [0.25, 0.3) is 0 Å². The van der Waals surface area contributed by atoms with E-state index < -0.39 is 0 Å². The molecule has 1 N–H and O–H groups in total. The van der Waals surface area contributed by atoms with Crippen molar-refractivity contribution in [2.24, 2.45) is 0 Å². The number of hydrogen-bond acceptors (Lipinski definition) is 2. The molecule has 1 heterocycles. The van der Waals surface area contributed by atoms with Gasteiger partial charge in [-0.25, -0.2) is 0 Å². The zero-order valence-corrected chi connectivity index (χ0v) is 11.6. The van der Waals surface area contributed by atoms with Gasteiger partial charge in [-0.3, -0.25) is 9.69 Å². The predicted octanol–water partition coefficient (Wildman–Crippen LogP) is 3.02. The van der Waals surface area contributed by atoms with Crippen LogP contribution in [0.15, 0.2) is 48.5 Å². The van der Waals surface area contributed by atoms with Crippen LogP contribution < -0.4 is 10.2 Å². The highest BCUT2D eigenvalue weighted by Gasteiger charge is 2.22. The summed E-state index contributed by atoms with van der Waals surface area (Å²) in [6.45, 7) is 3.22. The zero-order chi connectivity index (χ0) is 13.9. The van der Waals surface area contributed by atoms with Crippen molar-refractivity contribution in [2.45, 2.75) is 19.9 Å². The summed E-state index contributed by atoms with van der Waals surface area (Å²) in [6, 6.07) is 16.3. The molecule has 0 fully saturated rings. The van der Waals surface area contributed by atoms with Gasteiger partial charge in [0, 0.05) is 12.2 Å². The Morgan fingerprint density at radius 3 is 2.55 bits per heavy atom. The van der Waals surface area contributed by atoms with Crippen LogP contribution in [0.25, 0.3) is 0 Å². The van der Waals surface area contributed by atoms with Crippen LogP contribution in [0.4, 0.5) is 11.4 Å². The van der Waals surface area contributed by atoms with E-state index in [0.717, 1.165) is 29.9 Å². The molecule has 0 spiro atoms. The summed E-state index contributed by atoms with van der Waals surface area (Å²) in [5, 5.41) is 3.18. The Kier molecular flexibility index (Phi) is 3.52. The first-order valence-electron chi connectivity index (χ1n) is 7.00. The van der Waals surface area contributed by atoms with Crippen molar-refractivity contribution in [3.63, 3.8) is 0 Å². The van der Waals surface area contributed by atoms with Crippen molar-refractivity contribution >= 4 is 17.3 Å². The molecular weight excluding hydrogens is 248 g/mol. The molecule has 102 valence electrons. The molecule has 3 nitrogen and oxygen atoms in total. The fourth-order valence-corrected chi connectivity index (χ4v) is 2.56. The largest absolute Gasteiger partial charge is 0.304 e. The SMILES string of the molecule is CCc1ccc(N2C(=O)CNCc3ccccc32)cc1. The highest BCUT2D eigenvalue weighted by Crippen LogP contribution is 2.30. The van der Waals surface area contributed by atoms with E-state index in [2.05, 4.69) is 30.4 Å². The highest BCUT2D eigenvalue weighted by atomic mass is 16.2. The molecule has 0 bridgehead atoms. The van der Waals surface area contributed by atoms with Crippen LogP contribution in [0.5, 0.6) is 0 Å². The fraction of sp³-hybridized carbons (Fsp3) is 0.235. The van der Waals surface area contributed by atoms with Crippen LogP contribution in [0, 0.1) is 0 Å². The number of fused-ring (bicyclic) bond motifs is 1. The molecular formula is C17H18N2O. The number of anilines is 2. The van der Waals surface area contributed by atoms with Crippen molar-refractivity contribution < 1.29 is 4.79 Å². The van der Waals surface area contributed by atoms with Gasteiger partial charge < -0.3 is 5.32 Å². The van der Waals surface area contributed by atoms with Gasteiger partial charge in [-0.2, -0.15) is 0 Å². The first kappa shape index (κ1) is 12.9. The number of carbonyl (C=O) groups excluding carboxylic acids is 1. The van der Waals surface area contributed by atoms with Crippen molar-refractivity contribution in [1.29, 1.82) is 0 Å². The molecule has 2 aromatic rings. The molecule has 0 aliphatic carbocycles. The number of amides is 1. The van der Waals surface area contributed by atoms with Gasteiger partial charge >= 0.3 is 0 Å².